The Hall–Kier alpha value is -2.28. The first-order valence-electron chi connectivity index (χ1n) is 8.02. The van der Waals surface area contributed by atoms with Crippen LogP contribution in [0.4, 0.5) is 5.13 Å². The summed E-state index contributed by atoms with van der Waals surface area (Å²) in [5, 5.41) is 21.4. The molecule has 0 saturated heterocycles. The van der Waals surface area contributed by atoms with Crippen molar-refractivity contribution in [2.24, 2.45) is 5.92 Å². The summed E-state index contributed by atoms with van der Waals surface area (Å²) < 4.78 is 0. The zero-order valence-electron chi connectivity index (χ0n) is 13.1. The molecule has 0 unspecified atom stereocenters. The number of carboxylic acids is 1. The number of hydrogen-bond donors (Lipinski definition) is 2. The Labute approximate surface area is 143 Å². The molecule has 126 valence electrons. The Morgan fingerprint density at radius 1 is 1.21 bits per heavy atom. The highest BCUT2D eigenvalue weighted by molar-refractivity contribution is 7.15. The number of carboxylic acid groups (broad SMARTS) is 1. The van der Waals surface area contributed by atoms with Crippen molar-refractivity contribution in [2.45, 2.75) is 38.0 Å². The van der Waals surface area contributed by atoms with Crippen LogP contribution in [-0.2, 0) is 16.0 Å². The number of amides is 1. The monoisotopic (exact) mass is 345 g/mol. The smallest absolute Gasteiger partial charge is 0.306 e. The fraction of sp³-hybridized carbons (Fsp3) is 0.412. The van der Waals surface area contributed by atoms with E-state index in [0.717, 1.165) is 29.8 Å². The zero-order chi connectivity index (χ0) is 16.9. The van der Waals surface area contributed by atoms with Gasteiger partial charge >= 0.3 is 5.97 Å². The molecule has 7 heteroatoms. The average Bonchev–Trinajstić information content (AvgIpc) is 3.04. The van der Waals surface area contributed by atoms with Crippen molar-refractivity contribution in [1.82, 2.24) is 10.2 Å². The third-order valence-corrected chi connectivity index (χ3v) is 5.27. The number of aliphatic carboxylic acids is 1. The molecule has 1 aliphatic carbocycles. The molecule has 0 bridgehead atoms. The molecular formula is C17H19N3O3S. The van der Waals surface area contributed by atoms with Gasteiger partial charge in [0.05, 0.1) is 12.3 Å². The van der Waals surface area contributed by atoms with Crippen LogP contribution >= 0.6 is 11.3 Å². The van der Waals surface area contributed by atoms with Crippen LogP contribution in [0.5, 0.6) is 0 Å². The Kier molecular flexibility index (Phi) is 5.20. The molecule has 2 aromatic rings. The van der Waals surface area contributed by atoms with Gasteiger partial charge in [-0.15, -0.1) is 10.2 Å². The molecule has 6 nitrogen and oxygen atoms in total. The highest BCUT2D eigenvalue weighted by atomic mass is 32.1. The molecule has 1 saturated carbocycles. The first-order valence-corrected chi connectivity index (χ1v) is 8.83. The topological polar surface area (TPSA) is 92.2 Å². The van der Waals surface area contributed by atoms with E-state index < -0.39 is 5.97 Å². The van der Waals surface area contributed by atoms with Gasteiger partial charge in [0.2, 0.25) is 11.0 Å². The highest BCUT2D eigenvalue weighted by Crippen LogP contribution is 2.38. The van der Waals surface area contributed by atoms with Crippen LogP contribution in [0, 0.1) is 5.92 Å². The Morgan fingerprint density at radius 2 is 2.00 bits per heavy atom. The van der Waals surface area contributed by atoms with Gasteiger partial charge in [-0.2, -0.15) is 0 Å². The fourth-order valence-corrected chi connectivity index (χ4v) is 3.94. The van der Waals surface area contributed by atoms with Crippen molar-refractivity contribution < 1.29 is 14.7 Å². The molecule has 1 amide bonds. The van der Waals surface area contributed by atoms with Gasteiger partial charge < -0.3 is 10.4 Å². The SMILES string of the molecule is O=C(Cc1ccccc1)Nc1nnc([C@H]2CCC[C@H](C(=O)O)C2)s1. The number of nitrogens with one attached hydrogen (secondary N) is 1. The maximum Gasteiger partial charge on any atom is 0.306 e. The lowest BCUT2D eigenvalue weighted by atomic mass is 9.82. The fourth-order valence-electron chi connectivity index (χ4n) is 3.03. The first-order chi connectivity index (χ1) is 11.6. The molecule has 24 heavy (non-hydrogen) atoms. The second-order valence-corrected chi connectivity index (χ2v) is 7.06. The van der Waals surface area contributed by atoms with Gasteiger partial charge in [-0.3, -0.25) is 9.59 Å². The van der Waals surface area contributed by atoms with Crippen LogP contribution < -0.4 is 5.32 Å². The summed E-state index contributed by atoms with van der Waals surface area (Å²) in [6, 6.07) is 9.51. The summed E-state index contributed by atoms with van der Waals surface area (Å²) in [5.74, 6) is -1.04. The molecule has 1 aromatic carbocycles. The van der Waals surface area contributed by atoms with Crippen LogP contribution in [0.3, 0.4) is 0 Å². The normalized spacial score (nSPS) is 20.5. The lowest BCUT2D eigenvalue weighted by molar-refractivity contribution is -0.143. The van der Waals surface area contributed by atoms with Crippen LogP contribution in [0.2, 0.25) is 0 Å². The van der Waals surface area contributed by atoms with Crippen molar-refractivity contribution in [3.8, 4) is 0 Å². The van der Waals surface area contributed by atoms with E-state index in [1.165, 1.54) is 11.3 Å². The molecule has 2 N–H and O–H groups in total. The number of nitrogens with zero attached hydrogens (tertiary/aromatic N) is 2. The van der Waals surface area contributed by atoms with E-state index in [1.54, 1.807) is 0 Å². The van der Waals surface area contributed by atoms with Crippen LogP contribution in [0.25, 0.3) is 0 Å². The number of carbonyl (C=O) groups is 2. The van der Waals surface area contributed by atoms with E-state index in [9.17, 15) is 14.7 Å². The minimum Gasteiger partial charge on any atom is -0.481 e. The lowest BCUT2D eigenvalue weighted by Gasteiger charge is -2.24. The third kappa shape index (κ3) is 4.17. The molecule has 1 fully saturated rings. The number of hydrogen-bond acceptors (Lipinski definition) is 5. The number of aromatic nitrogens is 2. The number of carbonyl (C=O) groups excluding carboxylic acids is 1. The lowest BCUT2D eigenvalue weighted by Crippen LogP contribution is -2.21. The van der Waals surface area contributed by atoms with E-state index in [2.05, 4.69) is 15.5 Å². The van der Waals surface area contributed by atoms with Crippen molar-refractivity contribution in [3.63, 3.8) is 0 Å². The van der Waals surface area contributed by atoms with Crippen molar-refractivity contribution >= 4 is 28.3 Å². The summed E-state index contributed by atoms with van der Waals surface area (Å²) in [6.45, 7) is 0. The van der Waals surface area contributed by atoms with E-state index >= 15 is 0 Å². The zero-order valence-corrected chi connectivity index (χ0v) is 14.0. The predicted molar refractivity (Wildman–Crippen MR) is 91.0 cm³/mol. The van der Waals surface area contributed by atoms with Crippen molar-refractivity contribution in [1.29, 1.82) is 0 Å². The summed E-state index contributed by atoms with van der Waals surface area (Å²) in [7, 11) is 0. The summed E-state index contributed by atoms with van der Waals surface area (Å²) in [6.07, 6.45) is 3.43. The Bertz CT molecular complexity index is 717. The van der Waals surface area contributed by atoms with Crippen molar-refractivity contribution in [3.05, 3.63) is 40.9 Å². The first kappa shape index (κ1) is 16.6. The van der Waals surface area contributed by atoms with E-state index in [1.807, 2.05) is 30.3 Å². The minimum absolute atomic E-state index is 0.122. The van der Waals surface area contributed by atoms with Gasteiger partial charge in [0, 0.05) is 5.92 Å². The quantitative estimate of drug-likeness (QED) is 0.869. The standard InChI is InChI=1S/C17H19N3O3S/c21-14(9-11-5-2-1-3-6-11)18-17-20-19-15(24-17)12-7-4-8-13(10-12)16(22)23/h1-3,5-6,12-13H,4,7-10H2,(H,22,23)(H,18,20,21)/t12-,13-/m0/s1. The summed E-state index contributed by atoms with van der Waals surface area (Å²) >= 11 is 1.34. The maximum absolute atomic E-state index is 12.1. The second kappa shape index (κ2) is 7.53. The Balaban J connectivity index is 1.59. The number of benzene rings is 1. The number of rotatable bonds is 5. The predicted octanol–water partition coefficient (Wildman–Crippen LogP) is 3.08. The molecule has 1 heterocycles. The van der Waals surface area contributed by atoms with Gasteiger partial charge in [-0.1, -0.05) is 48.1 Å². The summed E-state index contributed by atoms with van der Waals surface area (Å²) in [5.41, 5.74) is 0.941. The molecule has 1 aromatic heterocycles. The van der Waals surface area contributed by atoms with E-state index in [-0.39, 0.29) is 17.7 Å². The van der Waals surface area contributed by atoms with E-state index in [0.29, 0.717) is 18.0 Å². The average molecular weight is 345 g/mol. The van der Waals surface area contributed by atoms with Crippen LogP contribution in [0.15, 0.2) is 30.3 Å². The van der Waals surface area contributed by atoms with Gasteiger partial charge in [0.25, 0.3) is 0 Å². The highest BCUT2D eigenvalue weighted by Gasteiger charge is 2.30. The molecule has 1 aliphatic rings. The molecule has 0 radical (unpaired) electrons. The third-order valence-electron chi connectivity index (χ3n) is 4.27. The number of anilines is 1. The van der Waals surface area contributed by atoms with Crippen LogP contribution in [-0.4, -0.2) is 27.2 Å². The van der Waals surface area contributed by atoms with Gasteiger partial charge in [-0.25, -0.2) is 0 Å². The Morgan fingerprint density at radius 3 is 2.75 bits per heavy atom. The largest absolute Gasteiger partial charge is 0.481 e. The van der Waals surface area contributed by atoms with Gasteiger partial charge in [-0.05, 0) is 24.8 Å². The van der Waals surface area contributed by atoms with Gasteiger partial charge in [0.1, 0.15) is 5.01 Å². The van der Waals surface area contributed by atoms with Gasteiger partial charge in [0.15, 0.2) is 0 Å². The van der Waals surface area contributed by atoms with Crippen LogP contribution in [0.1, 0.15) is 42.2 Å². The molecule has 0 spiro atoms. The second-order valence-electron chi connectivity index (χ2n) is 6.05. The molecule has 3 rings (SSSR count). The minimum atomic E-state index is -0.736. The molecular weight excluding hydrogens is 326 g/mol. The molecule has 0 aliphatic heterocycles. The van der Waals surface area contributed by atoms with E-state index in [4.69, 9.17) is 0 Å². The molecule has 2 atom stereocenters. The maximum atomic E-state index is 12.1. The summed E-state index contributed by atoms with van der Waals surface area (Å²) in [4.78, 5) is 23.2. The van der Waals surface area contributed by atoms with Crippen molar-refractivity contribution in [2.75, 3.05) is 5.32 Å².